The van der Waals surface area contributed by atoms with E-state index in [2.05, 4.69) is 31.9 Å². The summed E-state index contributed by atoms with van der Waals surface area (Å²) >= 11 is 3.37. The normalized spacial score (nSPS) is 19.3. The van der Waals surface area contributed by atoms with E-state index in [0.717, 1.165) is 29.8 Å². The van der Waals surface area contributed by atoms with Gasteiger partial charge in [0.05, 0.1) is 0 Å². The van der Waals surface area contributed by atoms with Gasteiger partial charge in [0, 0.05) is 16.7 Å². The lowest BCUT2D eigenvalue weighted by molar-refractivity contribution is 0.248. The van der Waals surface area contributed by atoms with Gasteiger partial charge in [-0.05, 0) is 50.0 Å². The standard InChI is InChI=1S/C13H18BrN3O/c14-11-4-1-5-12(7-11)17-13(18)16-9-10-3-2-6-15-8-10/h1,4-5,7,10,15H,2-3,6,8-9H2,(H2,16,17,18). The summed E-state index contributed by atoms with van der Waals surface area (Å²) in [6.45, 7) is 2.82. The van der Waals surface area contributed by atoms with E-state index in [1.807, 2.05) is 24.3 Å². The van der Waals surface area contributed by atoms with Crippen molar-refractivity contribution in [3.63, 3.8) is 0 Å². The zero-order valence-electron chi connectivity index (χ0n) is 10.2. The van der Waals surface area contributed by atoms with Gasteiger partial charge in [-0.15, -0.1) is 0 Å². The summed E-state index contributed by atoms with van der Waals surface area (Å²) < 4.78 is 0.955. The highest BCUT2D eigenvalue weighted by atomic mass is 79.9. The van der Waals surface area contributed by atoms with Crippen LogP contribution in [0.4, 0.5) is 10.5 Å². The molecular weight excluding hydrogens is 294 g/mol. The predicted molar refractivity (Wildman–Crippen MR) is 76.8 cm³/mol. The third kappa shape index (κ3) is 4.31. The maximum Gasteiger partial charge on any atom is 0.319 e. The van der Waals surface area contributed by atoms with E-state index in [9.17, 15) is 4.79 Å². The molecule has 1 aromatic carbocycles. The van der Waals surface area contributed by atoms with Crippen LogP contribution in [0.5, 0.6) is 0 Å². The first kappa shape index (κ1) is 13.4. The number of amides is 2. The first-order valence-electron chi connectivity index (χ1n) is 6.25. The Morgan fingerprint density at radius 3 is 3.11 bits per heavy atom. The molecule has 4 nitrogen and oxygen atoms in total. The van der Waals surface area contributed by atoms with Gasteiger partial charge in [-0.25, -0.2) is 4.79 Å². The highest BCUT2D eigenvalue weighted by Gasteiger charge is 2.13. The van der Waals surface area contributed by atoms with Gasteiger partial charge in [0.2, 0.25) is 0 Å². The van der Waals surface area contributed by atoms with E-state index >= 15 is 0 Å². The second kappa shape index (κ2) is 6.75. The maximum absolute atomic E-state index is 11.7. The second-order valence-corrected chi connectivity index (χ2v) is 5.47. The number of urea groups is 1. The summed E-state index contributed by atoms with van der Waals surface area (Å²) in [4.78, 5) is 11.7. The number of carbonyl (C=O) groups excluding carboxylic acids is 1. The molecule has 0 aromatic heterocycles. The number of piperidine rings is 1. The zero-order chi connectivity index (χ0) is 12.8. The molecule has 0 bridgehead atoms. The molecule has 0 spiro atoms. The van der Waals surface area contributed by atoms with Crippen molar-refractivity contribution in [3.8, 4) is 0 Å². The smallest absolute Gasteiger partial charge is 0.319 e. The van der Waals surface area contributed by atoms with Crippen LogP contribution in [0, 0.1) is 5.92 Å². The SMILES string of the molecule is O=C(NCC1CCCNC1)Nc1cccc(Br)c1. The summed E-state index contributed by atoms with van der Waals surface area (Å²) in [5.41, 5.74) is 0.795. The molecule has 0 saturated carbocycles. The van der Waals surface area contributed by atoms with Gasteiger partial charge >= 0.3 is 6.03 Å². The molecule has 5 heteroatoms. The Labute approximate surface area is 116 Å². The average molecular weight is 312 g/mol. The van der Waals surface area contributed by atoms with Gasteiger partial charge in [0.1, 0.15) is 0 Å². The number of hydrogen-bond donors (Lipinski definition) is 3. The van der Waals surface area contributed by atoms with Crippen molar-refractivity contribution in [1.82, 2.24) is 10.6 Å². The summed E-state index contributed by atoms with van der Waals surface area (Å²) in [7, 11) is 0. The van der Waals surface area contributed by atoms with E-state index in [1.165, 1.54) is 12.8 Å². The molecule has 1 fully saturated rings. The van der Waals surface area contributed by atoms with Crippen molar-refractivity contribution in [1.29, 1.82) is 0 Å². The Morgan fingerprint density at radius 2 is 2.39 bits per heavy atom. The van der Waals surface area contributed by atoms with Gasteiger partial charge in [-0.1, -0.05) is 22.0 Å². The van der Waals surface area contributed by atoms with Crippen LogP contribution in [-0.4, -0.2) is 25.7 Å². The van der Waals surface area contributed by atoms with Gasteiger partial charge in [-0.3, -0.25) is 0 Å². The minimum Gasteiger partial charge on any atom is -0.338 e. The topological polar surface area (TPSA) is 53.2 Å². The molecule has 0 radical (unpaired) electrons. The fourth-order valence-corrected chi connectivity index (χ4v) is 2.48. The monoisotopic (exact) mass is 311 g/mol. The molecule has 1 saturated heterocycles. The second-order valence-electron chi connectivity index (χ2n) is 4.56. The Morgan fingerprint density at radius 1 is 1.50 bits per heavy atom. The minimum absolute atomic E-state index is 0.140. The average Bonchev–Trinajstić information content (AvgIpc) is 2.38. The lowest BCUT2D eigenvalue weighted by Gasteiger charge is -2.22. The van der Waals surface area contributed by atoms with Crippen LogP contribution >= 0.6 is 15.9 Å². The quantitative estimate of drug-likeness (QED) is 0.803. The molecule has 1 heterocycles. The van der Waals surface area contributed by atoms with Crippen LogP contribution in [0.3, 0.4) is 0 Å². The summed E-state index contributed by atoms with van der Waals surface area (Å²) in [6, 6.07) is 7.43. The van der Waals surface area contributed by atoms with Crippen molar-refractivity contribution < 1.29 is 4.79 Å². The molecule has 2 rings (SSSR count). The lowest BCUT2D eigenvalue weighted by atomic mass is 10.00. The van der Waals surface area contributed by atoms with E-state index in [-0.39, 0.29) is 6.03 Å². The number of nitrogens with one attached hydrogen (secondary N) is 3. The van der Waals surface area contributed by atoms with Crippen LogP contribution in [0.2, 0.25) is 0 Å². The van der Waals surface area contributed by atoms with E-state index < -0.39 is 0 Å². The number of halogens is 1. The number of benzene rings is 1. The van der Waals surface area contributed by atoms with Crippen LogP contribution < -0.4 is 16.0 Å². The van der Waals surface area contributed by atoms with Crippen LogP contribution in [0.15, 0.2) is 28.7 Å². The Hall–Kier alpha value is -1.07. The third-order valence-corrected chi connectivity index (χ3v) is 3.53. The lowest BCUT2D eigenvalue weighted by Crippen LogP contribution is -2.39. The summed E-state index contributed by atoms with van der Waals surface area (Å²) in [6.07, 6.45) is 2.38. The van der Waals surface area contributed by atoms with Gasteiger partial charge in [-0.2, -0.15) is 0 Å². The molecule has 1 atom stereocenters. The fourth-order valence-electron chi connectivity index (χ4n) is 2.08. The molecule has 1 unspecified atom stereocenters. The van der Waals surface area contributed by atoms with Crippen LogP contribution in [0.25, 0.3) is 0 Å². The number of carbonyl (C=O) groups is 1. The summed E-state index contributed by atoms with van der Waals surface area (Å²) in [5.74, 6) is 0.548. The molecule has 1 aliphatic heterocycles. The van der Waals surface area contributed by atoms with Crippen molar-refractivity contribution in [2.75, 3.05) is 25.0 Å². The van der Waals surface area contributed by atoms with Crippen LogP contribution in [0.1, 0.15) is 12.8 Å². The fraction of sp³-hybridized carbons (Fsp3) is 0.462. The van der Waals surface area contributed by atoms with Crippen molar-refractivity contribution in [2.24, 2.45) is 5.92 Å². The van der Waals surface area contributed by atoms with E-state index in [0.29, 0.717) is 5.92 Å². The Bertz CT molecular complexity index is 405. The summed E-state index contributed by atoms with van der Waals surface area (Å²) in [5, 5.41) is 9.07. The maximum atomic E-state index is 11.7. The van der Waals surface area contributed by atoms with Crippen molar-refractivity contribution >= 4 is 27.6 Å². The Balaban J connectivity index is 1.74. The Kier molecular flexibility index (Phi) is 5.01. The highest BCUT2D eigenvalue weighted by Crippen LogP contribution is 2.15. The molecule has 98 valence electrons. The molecule has 1 aromatic rings. The molecular formula is C13H18BrN3O. The number of anilines is 1. The predicted octanol–water partition coefficient (Wildman–Crippen LogP) is 2.57. The number of rotatable bonds is 3. The first-order chi connectivity index (χ1) is 8.74. The number of hydrogen-bond acceptors (Lipinski definition) is 2. The van der Waals surface area contributed by atoms with Crippen molar-refractivity contribution in [2.45, 2.75) is 12.8 Å². The van der Waals surface area contributed by atoms with E-state index in [4.69, 9.17) is 0 Å². The van der Waals surface area contributed by atoms with Crippen LogP contribution in [-0.2, 0) is 0 Å². The van der Waals surface area contributed by atoms with Gasteiger partial charge < -0.3 is 16.0 Å². The van der Waals surface area contributed by atoms with Gasteiger partial charge in [0.25, 0.3) is 0 Å². The first-order valence-corrected chi connectivity index (χ1v) is 7.04. The molecule has 2 amide bonds. The molecule has 0 aliphatic carbocycles. The minimum atomic E-state index is -0.140. The highest BCUT2D eigenvalue weighted by molar-refractivity contribution is 9.10. The molecule has 18 heavy (non-hydrogen) atoms. The van der Waals surface area contributed by atoms with E-state index in [1.54, 1.807) is 0 Å². The zero-order valence-corrected chi connectivity index (χ0v) is 11.8. The largest absolute Gasteiger partial charge is 0.338 e. The van der Waals surface area contributed by atoms with Gasteiger partial charge in [0.15, 0.2) is 0 Å². The van der Waals surface area contributed by atoms with Crippen molar-refractivity contribution in [3.05, 3.63) is 28.7 Å². The third-order valence-electron chi connectivity index (χ3n) is 3.03. The molecule has 3 N–H and O–H groups in total. The molecule has 1 aliphatic rings.